The van der Waals surface area contributed by atoms with E-state index in [-0.39, 0.29) is 18.0 Å². The number of oxime groups is 1. The second kappa shape index (κ2) is 5.18. The van der Waals surface area contributed by atoms with Crippen LogP contribution in [0.3, 0.4) is 0 Å². The highest BCUT2D eigenvalue weighted by Gasteiger charge is 2.27. The van der Waals surface area contributed by atoms with Crippen LogP contribution in [-0.4, -0.2) is 46.3 Å². The smallest absolute Gasteiger partial charge is 0.192 e. The standard InChI is InChI=1S/C11H17N5O2/c1-7-6-18-8(2)5-16(7)11-9(10(12)15-17)13-3-4-14-11/h3-4,7-8,17H,5-6H2,1-2H3,(H2,12,15). The minimum Gasteiger partial charge on any atom is -0.409 e. The minimum atomic E-state index is -0.0376. The summed E-state index contributed by atoms with van der Waals surface area (Å²) < 4.78 is 5.57. The average Bonchev–Trinajstić information content (AvgIpc) is 2.40. The Morgan fingerprint density at radius 1 is 1.50 bits per heavy atom. The quantitative estimate of drug-likeness (QED) is 0.337. The van der Waals surface area contributed by atoms with E-state index in [1.807, 2.05) is 13.8 Å². The first-order chi connectivity index (χ1) is 8.63. The second-order valence-corrected chi connectivity index (χ2v) is 4.36. The number of amidine groups is 1. The van der Waals surface area contributed by atoms with Gasteiger partial charge < -0.3 is 20.6 Å². The average molecular weight is 251 g/mol. The number of nitrogens with zero attached hydrogens (tertiary/aromatic N) is 4. The van der Waals surface area contributed by atoms with Crippen molar-refractivity contribution >= 4 is 11.7 Å². The number of morpholine rings is 1. The second-order valence-electron chi connectivity index (χ2n) is 4.36. The van der Waals surface area contributed by atoms with E-state index >= 15 is 0 Å². The molecule has 1 aliphatic heterocycles. The Kier molecular flexibility index (Phi) is 3.61. The Morgan fingerprint density at radius 2 is 2.22 bits per heavy atom. The first-order valence-corrected chi connectivity index (χ1v) is 5.80. The van der Waals surface area contributed by atoms with Crippen molar-refractivity contribution in [3.8, 4) is 0 Å². The Hall–Kier alpha value is -1.89. The molecule has 1 aromatic rings. The third-order valence-corrected chi connectivity index (χ3v) is 2.91. The number of nitrogens with two attached hydrogens (primary N) is 1. The minimum absolute atomic E-state index is 0.0376. The first-order valence-electron chi connectivity index (χ1n) is 5.80. The van der Waals surface area contributed by atoms with Crippen molar-refractivity contribution in [3.05, 3.63) is 18.1 Å². The maximum absolute atomic E-state index is 8.78. The van der Waals surface area contributed by atoms with E-state index in [0.717, 1.165) is 0 Å². The lowest BCUT2D eigenvalue weighted by atomic mass is 10.2. The molecule has 1 saturated heterocycles. The van der Waals surface area contributed by atoms with Gasteiger partial charge >= 0.3 is 0 Å². The van der Waals surface area contributed by atoms with E-state index in [0.29, 0.717) is 24.7 Å². The number of ether oxygens (including phenoxy) is 1. The number of rotatable bonds is 2. The van der Waals surface area contributed by atoms with E-state index < -0.39 is 0 Å². The summed E-state index contributed by atoms with van der Waals surface area (Å²) in [7, 11) is 0. The lowest BCUT2D eigenvalue weighted by Gasteiger charge is -2.38. The molecule has 2 heterocycles. The van der Waals surface area contributed by atoms with Crippen LogP contribution >= 0.6 is 0 Å². The molecule has 0 amide bonds. The Labute approximate surface area is 105 Å². The molecule has 7 heteroatoms. The molecule has 3 N–H and O–H groups in total. The fraction of sp³-hybridized carbons (Fsp3) is 0.545. The van der Waals surface area contributed by atoms with Crippen molar-refractivity contribution in [1.29, 1.82) is 0 Å². The fourth-order valence-corrected chi connectivity index (χ4v) is 1.97. The van der Waals surface area contributed by atoms with Gasteiger partial charge in [0.05, 0.1) is 18.8 Å². The molecular weight excluding hydrogens is 234 g/mol. The normalized spacial score (nSPS) is 25.2. The van der Waals surface area contributed by atoms with Crippen LogP contribution in [0.5, 0.6) is 0 Å². The van der Waals surface area contributed by atoms with E-state index in [9.17, 15) is 0 Å². The molecule has 1 fully saturated rings. The van der Waals surface area contributed by atoms with Gasteiger partial charge in [0.25, 0.3) is 0 Å². The van der Waals surface area contributed by atoms with Crippen molar-refractivity contribution in [1.82, 2.24) is 9.97 Å². The van der Waals surface area contributed by atoms with Gasteiger partial charge in [0.15, 0.2) is 17.3 Å². The topological polar surface area (TPSA) is 96.9 Å². The number of anilines is 1. The van der Waals surface area contributed by atoms with Gasteiger partial charge in [-0.05, 0) is 13.8 Å². The summed E-state index contributed by atoms with van der Waals surface area (Å²) in [5.74, 6) is 0.583. The number of hydrogen-bond acceptors (Lipinski definition) is 6. The van der Waals surface area contributed by atoms with Gasteiger partial charge in [-0.3, -0.25) is 0 Å². The summed E-state index contributed by atoms with van der Waals surface area (Å²) in [6, 6.07) is 0.170. The molecule has 1 aromatic heterocycles. The Morgan fingerprint density at radius 3 is 2.94 bits per heavy atom. The molecule has 0 bridgehead atoms. The Balaban J connectivity index is 2.37. The van der Waals surface area contributed by atoms with Crippen LogP contribution in [0.15, 0.2) is 17.5 Å². The molecule has 0 spiro atoms. The van der Waals surface area contributed by atoms with Crippen LogP contribution in [0.2, 0.25) is 0 Å². The molecule has 7 nitrogen and oxygen atoms in total. The van der Waals surface area contributed by atoms with Crippen LogP contribution in [-0.2, 0) is 4.74 Å². The molecule has 0 saturated carbocycles. The van der Waals surface area contributed by atoms with Crippen LogP contribution < -0.4 is 10.6 Å². The Bertz CT molecular complexity index is 451. The summed E-state index contributed by atoms with van der Waals surface area (Å²) in [4.78, 5) is 10.5. The molecule has 2 unspecified atom stereocenters. The molecule has 0 aromatic carbocycles. The highest BCUT2D eigenvalue weighted by atomic mass is 16.5. The van der Waals surface area contributed by atoms with Crippen molar-refractivity contribution in [2.24, 2.45) is 10.9 Å². The SMILES string of the molecule is CC1CN(c2nccnc2/C(N)=N/O)C(C)CO1. The third kappa shape index (κ3) is 2.35. The van der Waals surface area contributed by atoms with Crippen molar-refractivity contribution < 1.29 is 9.94 Å². The van der Waals surface area contributed by atoms with Crippen LogP contribution in [0, 0.1) is 0 Å². The van der Waals surface area contributed by atoms with Gasteiger partial charge in [-0.1, -0.05) is 5.16 Å². The zero-order chi connectivity index (χ0) is 13.1. The maximum Gasteiger partial charge on any atom is 0.192 e. The molecule has 0 radical (unpaired) electrons. The number of hydrogen-bond donors (Lipinski definition) is 2. The molecule has 18 heavy (non-hydrogen) atoms. The van der Waals surface area contributed by atoms with Gasteiger partial charge in [0.2, 0.25) is 0 Å². The molecule has 0 aliphatic carbocycles. The summed E-state index contributed by atoms with van der Waals surface area (Å²) in [6.45, 7) is 5.36. The van der Waals surface area contributed by atoms with Gasteiger partial charge in [-0.15, -0.1) is 0 Å². The zero-order valence-corrected chi connectivity index (χ0v) is 10.4. The van der Waals surface area contributed by atoms with Gasteiger partial charge in [0, 0.05) is 18.9 Å². The van der Waals surface area contributed by atoms with Crippen molar-refractivity contribution in [3.63, 3.8) is 0 Å². The summed E-state index contributed by atoms with van der Waals surface area (Å²) >= 11 is 0. The lowest BCUT2D eigenvalue weighted by Crippen LogP contribution is -2.48. The van der Waals surface area contributed by atoms with Gasteiger partial charge in [0.1, 0.15) is 0 Å². The molecule has 98 valence electrons. The van der Waals surface area contributed by atoms with Crippen molar-refractivity contribution in [2.75, 3.05) is 18.1 Å². The first kappa shape index (κ1) is 12.6. The predicted molar refractivity (Wildman–Crippen MR) is 66.8 cm³/mol. The number of aromatic nitrogens is 2. The van der Waals surface area contributed by atoms with E-state index in [2.05, 4.69) is 20.0 Å². The predicted octanol–water partition coefficient (Wildman–Crippen LogP) is 0.185. The van der Waals surface area contributed by atoms with E-state index in [1.165, 1.54) is 6.20 Å². The summed E-state index contributed by atoms with van der Waals surface area (Å²) in [5, 5.41) is 11.8. The summed E-state index contributed by atoms with van der Waals surface area (Å²) in [6.07, 6.45) is 3.23. The highest BCUT2D eigenvalue weighted by Crippen LogP contribution is 2.21. The summed E-state index contributed by atoms with van der Waals surface area (Å²) in [5.41, 5.74) is 6.01. The monoisotopic (exact) mass is 251 g/mol. The van der Waals surface area contributed by atoms with Crippen molar-refractivity contribution in [2.45, 2.75) is 26.0 Å². The van der Waals surface area contributed by atoms with Crippen LogP contribution in [0.1, 0.15) is 19.5 Å². The van der Waals surface area contributed by atoms with Crippen LogP contribution in [0.25, 0.3) is 0 Å². The third-order valence-electron chi connectivity index (χ3n) is 2.91. The highest BCUT2D eigenvalue weighted by molar-refractivity contribution is 5.99. The van der Waals surface area contributed by atoms with Crippen LogP contribution in [0.4, 0.5) is 5.82 Å². The fourth-order valence-electron chi connectivity index (χ4n) is 1.97. The van der Waals surface area contributed by atoms with E-state index in [4.69, 9.17) is 15.7 Å². The maximum atomic E-state index is 8.78. The van der Waals surface area contributed by atoms with Gasteiger partial charge in [-0.2, -0.15) is 0 Å². The zero-order valence-electron chi connectivity index (χ0n) is 10.4. The largest absolute Gasteiger partial charge is 0.409 e. The molecular formula is C11H17N5O2. The molecule has 2 rings (SSSR count). The molecule has 2 atom stereocenters. The van der Waals surface area contributed by atoms with Gasteiger partial charge in [-0.25, -0.2) is 9.97 Å². The molecule has 1 aliphatic rings. The lowest BCUT2D eigenvalue weighted by molar-refractivity contribution is 0.0340. The van der Waals surface area contributed by atoms with E-state index in [1.54, 1.807) is 6.20 Å².